The molecule has 1 fully saturated rings. The van der Waals surface area contributed by atoms with Gasteiger partial charge in [-0.3, -0.25) is 4.79 Å². The molecule has 0 aliphatic carbocycles. The quantitative estimate of drug-likeness (QED) is 0.693. The van der Waals surface area contributed by atoms with Gasteiger partial charge in [0.1, 0.15) is 0 Å². The van der Waals surface area contributed by atoms with E-state index in [0.717, 1.165) is 0 Å². The number of carboxylic acid groups (broad SMARTS) is 1. The van der Waals surface area contributed by atoms with Gasteiger partial charge in [0.05, 0.1) is 25.7 Å². The molecule has 0 radical (unpaired) electrons. The fraction of sp³-hybridized carbons (Fsp3) is 0.900. The topological polar surface area (TPSA) is 95.9 Å². The summed E-state index contributed by atoms with van der Waals surface area (Å²) in [6.45, 7) is 4.73. The molecule has 1 heterocycles. The van der Waals surface area contributed by atoms with Crippen LogP contribution in [0.1, 0.15) is 20.3 Å². The normalized spacial score (nSPS) is 22.3. The maximum atomic E-state index is 12.0. The summed E-state index contributed by atoms with van der Waals surface area (Å²) in [4.78, 5) is 10.7. The summed E-state index contributed by atoms with van der Waals surface area (Å²) >= 11 is 0. The fourth-order valence-corrected chi connectivity index (χ4v) is 3.23. The summed E-state index contributed by atoms with van der Waals surface area (Å²) in [6.07, 6.45) is -0.247. The van der Waals surface area contributed by atoms with Gasteiger partial charge in [-0.1, -0.05) is 13.8 Å². The number of morpholine rings is 1. The van der Waals surface area contributed by atoms with E-state index < -0.39 is 22.2 Å². The number of carbonyl (C=O) groups is 1. The van der Waals surface area contributed by atoms with Crippen molar-refractivity contribution in [2.24, 2.45) is 5.92 Å². The highest BCUT2D eigenvalue weighted by Crippen LogP contribution is 2.14. The van der Waals surface area contributed by atoms with E-state index in [9.17, 15) is 13.2 Å². The van der Waals surface area contributed by atoms with E-state index in [2.05, 4.69) is 4.72 Å². The van der Waals surface area contributed by atoms with Crippen molar-refractivity contribution >= 4 is 16.2 Å². The highest BCUT2D eigenvalue weighted by Gasteiger charge is 2.33. The van der Waals surface area contributed by atoms with E-state index in [4.69, 9.17) is 9.84 Å². The van der Waals surface area contributed by atoms with E-state index >= 15 is 0 Å². The highest BCUT2D eigenvalue weighted by atomic mass is 32.2. The van der Waals surface area contributed by atoms with Crippen molar-refractivity contribution in [3.63, 3.8) is 0 Å². The van der Waals surface area contributed by atoms with Gasteiger partial charge in [-0.2, -0.15) is 12.7 Å². The van der Waals surface area contributed by atoms with Crippen LogP contribution in [0.4, 0.5) is 0 Å². The number of hydrogen-bond acceptors (Lipinski definition) is 4. The lowest BCUT2D eigenvalue weighted by Crippen LogP contribution is -2.53. The van der Waals surface area contributed by atoms with E-state index in [1.807, 2.05) is 13.8 Å². The molecular weight excluding hydrogens is 260 g/mol. The van der Waals surface area contributed by atoms with Crippen molar-refractivity contribution in [3.8, 4) is 0 Å². The highest BCUT2D eigenvalue weighted by molar-refractivity contribution is 7.87. The SMILES string of the molecule is CC(C)CNS(=O)(=O)N1CCOCC1CC(=O)O. The van der Waals surface area contributed by atoms with E-state index in [0.29, 0.717) is 13.2 Å². The van der Waals surface area contributed by atoms with Crippen molar-refractivity contribution in [1.29, 1.82) is 0 Å². The van der Waals surface area contributed by atoms with Gasteiger partial charge >= 0.3 is 5.97 Å². The molecule has 1 saturated heterocycles. The largest absolute Gasteiger partial charge is 0.481 e. The van der Waals surface area contributed by atoms with Gasteiger partial charge in [0.15, 0.2) is 0 Å². The number of nitrogens with one attached hydrogen (secondary N) is 1. The van der Waals surface area contributed by atoms with Crippen molar-refractivity contribution in [3.05, 3.63) is 0 Å². The summed E-state index contributed by atoms with van der Waals surface area (Å²) < 4.78 is 32.9. The fourth-order valence-electron chi connectivity index (χ4n) is 1.67. The first-order valence-corrected chi connectivity index (χ1v) is 7.33. The number of aliphatic carboxylic acids is 1. The first kappa shape index (κ1) is 15.4. The van der Waals surface area contributed by atoms with E-state index in [-0.39, 0.29) is 25.5 Å². The molecule has 0 spiro atoms. The molecule has 1 aliphatic rings. The van der Waals surface area contributed by atoms with Gasteiger partial charge in [0.25, 0.3) is 10.2 Å². The minimum atomic E-state index is -3.63. The monoisotopic (exact) mass is 280 g/mol. The van der Waals surface area contributed by atoms with Gasteiger partial charge in [-0.25, -0.2) is 4.72 Å². The summed E-state index contributed by atoms with van der Waals surface area (Å²) in [6, 6.07) is -0.638. The van der Waals surface area contributed by atoms with Crippen LogP contribution in [0, 0.1) is 5.92 Å². The number of ether oxygens (including phenoxy) is 1. The molecule has 0 aromatic heterocycles. The second-order valence-electron chi connectivity index (χ2n) is 4.68. The van der Waals surface area contributed by atoms with E-state index in [1.54, 1.807) is 0 Å². The first-order valence-electron chi connectivity index (χ1n) is 5.89. The molecule has 1 unspecified atom stereocenters. The molecule has 1 atom stereocenters. The van der Waals surface area contributed by atoms with Crippen LogP contribution in [0.25, 0.3) is 0 Å². The van der Waals surface area contributed by atoms with Crippen LogP contribution in [0.15, 0.2) is 0 Å². The Bertz CT molecular complexity index is 382. The predicted octanol–water partition coefficient (Wildman–Crippen LogP) is -0.348. The van der Waals surface area contributed by atoms with Crippen LogP contribution >= 0.6 is 0 Å². The zero-order valence-corrected chi connectivity index (χ0v) is 11.4. The molecule has 0 aromatic rings. The Kier molecular flexibility index (Phi) is 5.51. The average molecular weight is 280 g/mol. The summed E-state index contributed by atoms with van der Waals surface area (Å²) in [5, 5.41) is 8.77. The lowest BCUT2D eigenvalue weighted by molar-refractivity contribution is -0.139. The molecule has 0 amide bonds. The molecule has 0 saturated carbocycles. The third kappa shape index (κ3) is 4.52. The number of hydrogen-bond donors (Lipinski definition) is 2. The second kappa shape index (κ2) is 6.46. The lowest BCUT2D eigenvalue weighted by atomic mass is 10.2. The third-order valence-electron chi connectivity index (χ3n) is 2.57. The minimum Gasteiger partial charge on any atom is -0.481 e. The molecule has 8 heteroatoms. The van der Waals surface area contributed by atoms with Crippen LogP contribution < -0.4 is 4.72 Å². The predicted molar refractivity (Wildman–Crippen MR) is 65.3 cm³/mol. The van der Waals surface area contributed by atoms with E-state index in [1.165, 1.54) is 4.31 Å². The Morgan fingerprint density at radius 2 is 2.22 bits per heavy atom. The second-order valence-corrected chi connectivity index (χ2v) is 6.39. The maximum absolute atomic E-state index is 12.0. The number of rotatable bonds is 6. The Morgan fingerprint density at radius 1 is 1.56 bits per heavy atom. The van der Waals surface area contributed by atoms with Crippen molar-refractivity contribution in [1.82, 2.24) is 9.03 Å². The van der Waals surface area contributed by atoms with Crippen LogP contribution in [0.3, 0.4) is 0 Å². The number of carboxylic acids is 1. The van der Waals surface area contributed by atoms with Crippen molar-refractivity contribution in [2.45, 2.75) is 26.3 Å². The van der Waals surface area contributed by atoms with Gasteiger partial charge < -0.3 is 9.84 Å². The Hall–Kier alpha value is -0.700. The van der Waals surface area contributed by atoms with Crippen LogP contribution in [0.5, 0.6) is 0 Å². The molecule has 18 heavy (non-hydrogen) atoms. The Balaban J connectivity index is 2.72. The van der Waals surface area contributed by atoms with Crippen molar-refractivity contribution < 1.29 is 23.1 Å². The van der Waals surface area contributed by atoms with Gasteiger partial charge in [0.2, 0.25) is 0 Å². The first-order chi connectivity index (χ1) is 8.33. The molecule has 7 nitrogen and oxygen atoms in total. The van der Waals surface area contributed by atoms with Crippen LogP contribution in [0.2, 0.25) is 0 Å². The number of nitrogens with zero attached hydrogens (tertiary/aromatic N) is 1. The van der Waals surface area contributed by atoms with Gasteiger partial charge in [-0.05, 0) is 5.92 Å². The van der Waals surface area contributed by atoms with Gasteiger partial charge in [-0.15, -0.1) is 0 Å². The van der Waals surface area contributed by atoms with Gasteiger partial charge in [0, 0.05) is 13.1 Å². The van der Waals surface area contributed by atoms with Crippen LogP contribution in [-0.2, 0) is 19.7 Å². The molecule has 1 aliphatic heterocycles. The average Bonchev–Trinajstić information content (AvgIpc) is 2.26. The minimum absolute atomic E-state index is 0.120. The molecule has 106 valence electrons. The molecule has 2 N–H and O–H groups in total. The lowest BCUT2D eigenvalue weighted by Gasteiger charge is -2.33. The van der Waals surface area contributed by atoms with Crippen LogP contribution in [-0.4, -0.2) is 56.1 Å². The van der Waals surface area contributed by atoms with Crippen molar-refractivity contribution in [2.75, 3.05) is 26.3 Å². The Morgan fingerprint density at radius 3 is 2.78 bits per heavy atom. The zero-order chi connectivity index (χ0) is 13.8. The maximum Gasteiger partial charge on any atom is 0.305 e. The zero-order valence-electron chi connectivity index (χ0n) is 10.6. The Labute approximate surface area is 107 Å². The summed E-state index contributed by atoms with van der Waals surface area (Å²) in [7, 11) is -3.63. The molecule has 0 bridgehead atoms. The molecular formula is C10H20N2O5S. The molecule has 1 rings (SSSR count). The third-order valence-corrected chi connectivity index (χ3v) is 4.20. The molecule has 0 aromatic carbocycles. The summed E-state index contributed by atoms with van der Waals surface area (Å²) in [5.41, 5.74) is 0. The summed E-state index contributed by atoms with van der Waals surface area (Å²) in [5.74, 6) is -0.840. The smallest absolute Gasteiger partial charge is 0.305 e. The standard InChI is InChI=1S/C10H20N2O5S/c1-8(2)6-11-18(15,16)12-3-4-17-7-9(12)5-10(13)14/h8-9,11H,3-7H2,1-2H3,(H,13,14).